The molecule has 3 heteroatoms. The second kappa shape index (κ2) is 6.59. The molecule has 3 heterocycles. The van der Waals surface area contributed by atoms with Gasteiger partial charge in [-0.2, -0.15) is 0 Å². The Morgan fingerprint density at radius 2 is 2.25 bits per heavy atom. The fourth-order valence-corrected chi connectivity index (χ4v) is 4.92. The van der Waals surface area contributed by atoms with Crippen LogP contribution < -0.4 is 0 Å². The van der Waals surface area contributed by atoms with Crippen LogP contribution in [0.2, 0.25) is 0 Å². The van der Waals surface area contributed by atoms with Crippen LogP contribution in [0.1, 0.15) is 56.9 Å². The maximum atomic E-state index is 2.81. The summed E-state index contributed by atoms with van der Waals surface area (Å²) in [4.78, 5) is 7.13. The largest absolute Gasteiger partial charge is 0.298 e. The van der Waals surface area contributed by atoms with Gasteiger partial charge in [-0.05, 0) is 44.2 Å². The average molecular weight is 292 g/mol. The van der Waals surface area contributed by atoms with E-state index in [1.165, 1.54) is 51.7 Å². The molecule has 0 aliphatic carbocycles. The third kappa shape index (κ3) is 2.95. The second-order valence-electron chi connectivity index (χ2n) is 6.51. The molecule has 1 aromatic rings. The van der Waals surface area contributed by atoms with Crippen molar-refractivity contribution in [2.75, 3.05) is 19.6 Å². The van der Waals surface area contributed by atoms with Gasteiger partial charge in [0.25, 0.3) is 0 Å². The minimum atomic E-state index is 0.652. The lowest BCUT2D eigenvalue weighted by Gasteiger charge is -2.50. The van der Waals surface area contributed by atoms with E-state index in [1.807, 2.05) is 11.3 Å². The van der Waals surface area contributed by atoms with Crippen molar-refractivity contribution in [1.82, 2.24) is 9.80 Å². The van der Waals surface area contributed by atoms with Crippen LogP contribution >= 0.6 is 11.3 Å². The minimum absolute atomic E-state index is 0.652. The molecule has 0 amide bonds. The summed E-state index contributed by atoms with van der Waals surface area (Å²) in [6.45, 7) is 8.64. The molecule has 0 radical (unpaired) electrons. The zero-order valence-electron chi connectivity index (χ0n) is 12.9. The van der Waals surface area contributed by atoms with E-state index in [9.17, 15) is 0 Å². The Kier molecular flexibility index (Phi) is 4.79. The van der Waals surface area contributed by atoms with Gasteiger partial charge in [0.2, 0.25) is 0 Å². The Bertz CT molecular complexity index is 403. The normalized spacial score (nSPS) is 30.1. The number of piperidine rings is 1. The van der Waals surface area contributed by atoms with Gasteiger partial charge in [0, 0.05) is 36.1 Å². The van der Waals surface area contributed by atoms with E-state index in [4.69, 9.17) is 0 Å². The van der Waals surface area contributed by atoms with Gasteiger partial charge in [0.1, 0.15) is 0 Å². The summed E-state index contributed by atoms with van der Waals surface area (Å²) in [5, 5.41) is 2.24. The molecule has 3 unspecified atom stereocenters. The van der Waals surface area contributed by atoms with Crippen LogP contribution in [0.5, 0.6) is 0 Å². The zero-order chi connectivity index (χ0) is 13.9. The Morgan fingerprint density at radius 3 is 3.00 bits per heavy atom. The van der Waals surface area contributed by atoms with Crippen molar-refractivity contribution < 1.29 is 0 Å². The molecule has 0 spiro atoms. The molecule has 3 atom stereocenters. The predicted molar refractivity (Wildman–Crippen MR) is 87.3 cm³/mol. The van der Waals surface area contributed by atoms with Crippen molar-refractivity contribution in [1.29, 1.82) is 0 Å². The predicted octanol–water partition coefficient (Wildman–Crippen LogP) is 4.15. The molecule has 0 bridgehead atoms. The molecule has 2 saturated heterocycles. The summed E-state index contributed by atoms with van der Waals surface area (Å²) in [5.74, 6) is 0. The number of rotatable bonds is 4. The van der Waals surface area contributed by atoms with Crippen molar-refractivity contribution in [3.05, 3.63) is 22.4 Å². The van der Waals surface area contributed by atoms with E-state index < -0.39 is 0 Å². The number of thiophene rings is 1. The van der Waals surface area contributed by atoms with Crippen LogP contribution in [0, 0.1) is 0 Å². The second-order valence-corrected chi connectivity index (χ2v) is 7.49. The Labute approximate surface area is 127 Å². The first-order valence-electron chi connectivity index (χ1n) is 8.32. The molecule has 0 N–H and O–H groups in total. The molecule has 0 aromatic carbocycles. The van der Waals surface area contributed by atoms with Crippen LogP contribution in [0.3, 0.4) is 0 Å². The molecule has 112 valence electrons. The van der Waals surface area contributed by atoms with Crippen molar-refractivity contribution in [2.45, 2.75) is 64.1 Å². The third-order valence-corrected chi connectivity index (χ3v) is 6.04. The Hall–Kier alpha value is -0.380. The smallest absolute Gasteiger partial charge is 0.0445 e. The Morgan fingerprint density at radius 1 is 1.35 bits per heavy atom. The lowest BCUT2D eigenvalue weighted by Crippen LogP contribution is -2.59. The summed E-state index contributed by atoms with van der Waals surface area (Å²) in [5.41, 5.74) is 0. The maximum absolute atomic E-state index is 2.81. The molecule has 1 aromatic heterocycles. The highest BCUT2D eigenvalue weighted by molar-refractivity contribution is 7.10. The van der Waals surface area contributed by atoms with E-state index in [-0.39, 0.29) is 0 Å². The first-order valence-corrected chi connectivity index (χ1v) is 9.20. The van der Waals surface area contributed by atoms with E-state index in [0.717, 1.165) is 6.04 Å². The summed E-state index contributed by atoms with van der Waals surface area (Å²) >= 11 is 1.94. The van der Waals surface area contributed by atoms with Gasteiger partial charge < -0.3 is 0 Å². The maximum Gasteiger partial charge on any atom is 0.0445 e. The summed E-state index contributed by atoms with van der Waals surface area (Å²) in [7, 11) is 0. The number of nitrogens with zero attached hydrogens (tertiary/aromatic N) is 2. The molecule has 20 heavy (non-hydrogen) atoms. The molecule has 2 aliphatic heterocycles. The summed E-state index contributed by atoms with van der Waals surface area (Å²) in [6, 6.07) is 6.72. The molecule has 3 rings (SSSR count). The SMILES string of the molecule is CCCC(c1cccs1)N1CC2CCCCN2CC1C. The lowest BCUT2D eigenvalue weighted by atomic mass is 9.94. The van der Waals surface area contributed by atoms with Gasteiger partial charge in [-0.1, -0.05) is 25.8 Å². The van der Waals surface area contributed by atoms with E-state index in [2.05, 4.69) is 41.2 Å². The quantitative estimate of drug-likeness (QED) is 0.822. The summed E-state index contributed by atoms with van der Waals surface area (Å²) in [6.07, 6.45) is 6.83. The summed E-state index contributed by atoms with van der Waals surface area (Å²) < 4.78 is 0. The van der Waals surface area contributed by atoms with Crippen LogP contribution in [-0.4, -0.2) is 41.5 Å². The molecule has 2 aliphatic rings. The van der Waals surface area contributed by atoms with Crippen LogP contribution in [0.15, 0.2) is 17.5 Å². The first-order chi connectivity index (χ1) is 9.79. The molecule has 2 nitrogen and oxygen atoms in total. The fourth-order valence-electron chi connectivity index (χ4n) is 4.03. The Balaban J connectivity index is 1.76. The van der Waals surface area contributed by atoms with Gasteiger partial charge >= 0.3 is 0 Å². The topological polar surface area (TPSA) is 6.48 Å². The molecule has 2 fully saturated rings. The van der Waals surface area contributed by atoms with Crippen LogP contribution in [0.25, 0.3) is 0 Å². The number of hydrogen-bond acceptors (Lipinski definition) is 3. The van der Waals surface area contributed by atoms with Crippen LogP contribution in [-0.2, 0) is 0 Å². The third-order valence-electron chi connectivity index (χ3n) is 5.07. The molecule has 0 saturated carbocycles. The van der Waals surface area contributed by atoms with Gasteiger partial charge in [0.15, 0.2) is 0 Å². The fraction of sp³-hybridized carbons (Fsp3) is 0.765. The number of hydrogen-bond donors (Lipinski definition) is 0. The zero-order valence-corrected chi connectivity index (χ0v) is 13.7. The minimum Gasteiger partial charge on any atom is -0.298 e. The molecular weight excluding hydrogens is 264 g/mol. The van der Waals surface area contributed by atoms with Crippen molar-refractivity contribution in [2.24, 2.45) is 0 Å². The molecular formula is C17H28N2S. The monoisotopic (exact) mass is 292 g/mol. The van der Waals surface area contributed by atoms with E-state index in [0.29, 0.717) is 12.1 Å². The van der Waals surface area contributed by atoms with Gasteiger partial charge in [0.05, 0.1) is 0 Å². The van der Waals surface area contributed by atoms with Gasteiger partial charge in [-0.15, -0.1) is 11.3 Å². The average Bonchev–Trinajstić information content (AvgIpc) is 2.98. The van der Waals surface area contributed by atoms with Gasteiger partial charge in [-0.25, -0.2) is 0 Å². The number of piperazine rings is 1. The number of fused-ring (bicyclic) bond motifs is 1. The lowest BCUT2D eigenvalue weighted by molar-refractivity contribution is -0.00985. The highest BCUT2D eigenvalue weighted by Gasteiger charge is 2.36. The van der Waals surface area contributed by atoms with Crippen molar-refractivity contribution in [3.63, 3.8) is 0 Å². The standard InChI is InChI=1S/C17H28N2S/c1-3-7-16(17-9-6-11-20-17)19-13-15-8-4-5-10-18(15)12-14(19)2/h6,9,11,14-16H,3-5,7-8,10,12-13H2,1-2H3. The highest BCUT2D eigenvalue weighted by Crippen LogP contribution is 2.35. The first kappa shape index (κ1) is 14.6. The van der Waals surface area contributed by atoms with E-state index >= 15 is 0 Å². The van der Waals surface area contributed by atoms with Gasteiger partial charge in [-0.3, -0.25) is 9.80 Å². The van der Waals surface area contributed by atoms with Crippen molar-refractivity contribution >= 4 is 11.3 Å². The highest BCUT2D eigenvalue weighted by atomic mass is 32.1. The van der Waals surface area contributed by atoms with Crippen molar-refractivity contribution in [3.8, 4) is 0 Å². The van der Waals surface area contributed by atoms with Crippen LogP contribution in [0.4, 0.5) is 0 Å². The van der Waals surface area contributed by atoms with E-state index in [1.54, 1.807) is 4.88 Å².